The number of aliphatic hydroxyl groups excluding tert-OH is 8. The van der Waals surface area contributed by atoms with E-state index in [1.54, 1.807) is 0 Å². The zero-order valence-electron chi connectivity index (χ0n) is 40.9. The zero-order chi connectivity index (χ0) is 50.3. The van der Waals surface area contributed by atoms with Crippen molar-refractivity contribution in [3.8, 4) is 0 Å². The first-order valence-electron chi connectivity index (χ1n) is 24.6. The van der Waals surface area contributed by atoms with Crippen LogP contribution in [0.5, 0.6) is 0 Å². The smallest absolute Gasteiger partial charge is 0.243 e. The molecule has 1 unspecified atom stereocenters. The topological polar surface area (TPSA) is 286 Å². The molecule has 8 rings (SSSR count). The SMILES string of the molecule is CCCCCCOC(C)C1=C(C)C2=NC1=CC1=NC(=CC3=C(C)C4=C(O)CC(=C5NC(=C2)[C@@H](C)[C@@H]5CCC(=O)NO[C@H]2O[C@H](CO)[C@@H](O[C@@H]5O[C@H](CO)[C@H](O)[C@H](O)[C@H]5O)[C@H](O)[C@H]2O)C4=N3)C(CC)=C1C. The van der Waals surface area contributed by atoms with Crippen molar-refractivity contribution >= 4 is 23.0 Å². The molecule has 19 nitrogen and oxygen atoms in total. The minimum Gasteiger partial charge on any atom is -0.511 e. The van der Waals surface area contributed by atoms with Gasteiger partial charge in [-0.15, -0.1) is 0 Å². The maximum atomic E-state index is 13.6. The summed E-state index contributed by atoms with van der Waals surface area (Å²) in [6, 6.07) is 0. The predicted molar refractivity (Wildman–Crippen MR) is 256 cm³/mol. The Bertz CT molecular complexity index is 2440. The summed E-state index contributed by atoms with van der Waals surface area (Å²) >= 11 is 0. The quantitative estimate of drug-likeness (QED) is 0.0741. The molecule has 19 heteroatoms. The summed E-state index contributed by atoms with van der Waals surface area (Å²) in [7, 11) is 0. The average molecular weight is 976 g/mol. The van der Waals surface area contributed by atoms with Gasteiger partial charge in [0.2, 0.25) is 12.2 Å². The Labute approximate surface area is 407 Å². The minimum atomic E-state index is -1.85. The number of aliphatic imine (C=N–C) groups is 3. The number of nitrogens with one attached hydrogen (secondary N) is 2. The normalized spacial score (nSPS) is 33.4. The van der Waals surface area contributed by atoms with Crippen molar-refractivity contribution in [3.05, 3.63) is 91.5 Å². The van der Waals surface area contributed by atoms with Crippen molar-refractivity contribution < 1.29 is 69.4 Å². The molecule has 8 bridgehead atoms. The number of nitrogens with zero attached hydrogens (tertiary/aromatic N) is 3. The molecule has 0 aromatic rings. The highest BCUT2D eigenvalue weighted by molar-refractivity contribution is 6.21. The van der Waals surface area contributed by atoms with E-state index in [0.717, 1.165) is 99.8 Å². The molecule has 0 saturated carbocycles. The van der Waals surface area contributed by atoms with Gasteiger partial charge in [0, 0.05) is 59.4 Å². The van der Waals surface area contributed by atoms with E-state index >= 15 is 0 Å². The third kappa shape index (κ3) is 9.88. The highest BCUT2D eigenvalue weighted by Gasteiger charge is 2.51. The Morgan fingerprint density at radius 1 is 0.843 bits per heavy atom. The molecule has 13 atom stereocenters. The molecule has 70 heavy (non-hydrogen) atoms. The molecule has 3 fully saturated rings. The van der Waals surface area contributed by atoms with E-state index in [0.29, 0.717) is 30.0 Å². The number of amides is 1. The highest BCUT2D eigenvalue weighted by atomic mass is 16.8. The first-order chi connectivity index (χ1) is 33.5. The van der Waals surface area contributed by atoms with Crippen molar-refractivity contribution in [2.75, 3.05) is 19.8 Å². The van der Waals surface area contributed by atoms with Crippen LogP contribution in [0.25, 0.3) is 0 Å². The first-order valence-corrected chi connectivity index (χ1v) is 24.6. The zero-order valence-corrected chi connectivity index (χ0v) is 40.9. The molecule has 382 valence electrons. The Morgan fingerprint density at radius 3 is 2.26 bits per heavy atom. The molecule has 8 aliphatic rings. The molecule has 10 N–H and O–H groups in total. The summed E-state index contributed by atoms with van der Waals surface area (Å²) in [6.45, 7) is 13.7. The second-order valence-corrected chi connectivity index (χ2v) is 19.3. The van der Waals surface area contributed by atoms with E-state index in [2.05, 4.69) is 64.5 Å². The summed E-state index contributed by atoms with van der Waals surface area (Å²) < 4.78 is 23.2. The first kappa shape index (κ1) is 51.9. The van der Waals surface area contributed by atoms with Crippen LogP contribution >= 0.6 is 0 Å². The van der Waals surface area contributed by atoms with Gasteiger partial charge in [-0.05, 0) is 87.5 Å². The highest BCUT2D eigenvalue weighted by Crippen LogP contribution is 2.47. The number of hydrogen-bond acceptors (Lipinski definition) is 18. The van der Waals surface area contributed by atoms with Crippen LogP contribution in [0.3, 0.4) is 0 Å². The number of allylic oxidation sites excluding steroid dienone is 11. The van der Waals surface area contributed by atoms with E-state index in [-0.39, 0.29) is 36.5 Å². The van der Waals surface area contributed by atoms with Gasteiger partial charge in [-0.3, -0.25) is 4.79 Å². The van der Waals surface area contributed by atoms with Crippen molar-refractivity contribution in [3.63, 3.8) is 0 Å². The molecular formula is C51H69N5O14. The lowest BCUT2D eigenvalue weighted by Gasteiger charge is -2.45. The molecule has 0 radical (unpaired) electrons. The standard InChI is InChI=1S/C51H69N5O14/c1-8-10-11-12-15-66-26(7)40-24(5)32-17-31-23(4)28(13-14-39(60)56-70-51-48(65)46(63)49(38(21-58)68-51)69-50-47(64)45(62)44(61)37(20-57)67-50)42(54-31)29-16-36(59)41-25(6)33(55-43(29)41)18-34-27(9-2)22(3)30(52-34)19-35(40)53-32/h17-19,23,26,28,37-38,44-51,54,57-59,61-65H,8-16,20-21H2,1-7H3,(H,56,60)/t23-,26?,28-,37+,38+,44-,45-,46+,47+,48+,49+,50-,51+/m0/s1. The van der Waals surface area contributed by atoms with Crippen LogP contribution in [0.1, 0.15) is 99.8 Å². The largest absolute Gasteiger partial charge is 0.511 e. The fourth-order valence-corrected chi connectivity index (χ4v) is 10.6. The van der Waals surface area contributed by atoms with Crippen LogP contribution in [-0.2, 0) is 28.6 Å². The number of carbonyl (C=O) groups excluding carboxylic acids is 1. The molecule has 0 spiro atoms. The Kier molecular flexibility index (Phi) is 16.1. The molecule has 7 heterocycles. The second-order valence-electron chi connectivity index (χ2n) is 19.3. The Hall–Kier alpha value is -4.48. The van der Waals surface area contributed by atoms with E-state index in [9.17, 15) is 45.6 Å². The summed E-state index contributed by atoms with van der Waals surface area (Å²) in [4.78, 5) is 34.7. The molecule has 7 aliphatic heterocycles. The Morgan fingerprint density at radius 2 is 1.54 bits per heavy atom. The molecule has 1 amide bonds. The summed E-state index contributed by atoms with van der Waals surface area (Å²) in [5.74, 6) is -0.817. The van der Waals surface area contributed by atoms with E-state index < -0.39 is 80.5 Å². The second kappa shape index (κ2) is 21.7. The van der Waals surface area contributed by atoms with Gasteiger partial charge in [-0.25, -0.2) is 25.3 Å². The van der Waals surface area contributed by atoms with E-state index in [1.807, 2.05) is 13.0 Å². The monoisotopic (exact) mass is 975 g/mol. The maximum Gasteiger partial charge on any atom is 0.243 e. The lowest BCUT2D eigenvalue weighted by Crippen LogP contribution is -2.65. The van der Waals surface area contributed by atoms with Crippen LogP contribution < -0.4 is 10.8 Å². The molecular weight excluding hydrogens is 907 g/mol. The van der Waals surface area contributed by atoms with Crippen molar-refractivity contribution in [1.82, 2.24) is 10.8 Å². The van der Waals surface area contributed by atoms with Gasteiger partial charge in [-0.2, -0.15) is 0 Å². The number of hydroxylamine groups is 1. The molecule has 1 aliphatic carbocycles. The van der Waals surface area contributed by atoms with Crippen molar-refractivity contribution in [1.29, 1.82) is 0 Å². The lowest BCUT2D eigenvalue weighted by molar-refractivity contribution is -0.363. The number of ether oxygens (including phenoxy) is 4. The fraction of sp³-hybridized carbons (Fsp3) is 0.608. The summed E-state index contributed by atoms with van der Waals surface area (Å²) in [5.41, 5.74) is 15.1. The number of fused-ring (bicyclic) bond motifs is 5. The lowest BCUT2D eigenvalue weighted by atomic mass is 9.86. The molecule has 0 aromatic heterocycles. The van der Waals surface area contributed by atoms with Crippen LogP contribution in [0.4, 0.5) is 0 Å². The fourth-order valence-electron chi connectivity index (χ4n) is 10.6. The third-order valence-electron chi connectivity index (χ3n) is 14.8. The van der Waals surface area contributed by atoms with Crippen LogP contribution in [-0.4, -0.2) is 151 Å². The number of hydrogen-bond donors (Lipinski definition) is 10. The summed E-state index contributed by atoms with van der Waals surface area (Å²) in [6.07, 6.45) is -5.11. The Balaban J connectivity index is 1.04. The number of rotatable bonds is 17. The average Bonchev–Trinajstić information content (AvgIpc) is 4.10. The van der Waals surface area contributed by atoms with Crippen molar-refractivity contribution in [2.45, 2.75) is 167 Å². The maximum absolute atomic E-state index is 13.6. The number of carbonyl (C=O) groups is 1. The van der Waals surface area contributed by atoms with Crippen molar-refractivity contribution in [2.24, 2.45) is 26.8 Å². The van der Waals surface area contributed by atoms with Gasteiger partial charge >= 0.3 is 0 Å². The molecule has 3 saturated heterocycles. The number of unbranched alkanes of at least 4 members (excludes halogenated alkanes) is 3. The van der Waals surface area contributed by atoms with Gasteiger partial charge in [0.1, 0.15) is 54.6 Å². The van der Waals surface area contributed by atoms with Gasteiger partial charge in [0.25, 0.3) is 0 Å². The van der Waals surface area contributed by atoms with E-state index in [4.69, 9.17) is 38.8 Å². The van der Waals surface area contributed by atoms with Gasteiger partial charge in [0.05, 0.1) is 53.5 Å². The van der Waals surface area contributed by atoms with E-state index in [1.165, 1.54) is 0 Å². The van der Waals surface area contributed by atoms with Crippen LogP contribution in [0, 0.1) is 11.8 Å². The molecule has 0 aromatic carbocycles. The minimum absolute atomic E-state index is 0.0681. The van der Waals surface area contributed by atoms with Gasteiger partial charge in [-0.1, -0.05) is 40.0 Å². The van der Waals surface area contributed by atoms with Crippen LogP contribution in [0.2, 0.25) is 0 Å². The van der Waals surface area contributed by atoms with Gasteiger partial charge in [0.15, 0.2) is 6.29 Å². The van der Waals surface area contributed by atoms with Crippen LogP contribution in [0.15, 0.2) is 106 Å². The third-order valence-corrected chi connectivity index (χ3v) is 14.8. The predicted octanol–water partition coefficient (Wildman–Crippen LogP) is 3.10. The van der Waals surface area contributed by atoms with Gasteiger partial charge < -0.3 is 65.1 Å². The summed E-state index contributed by atoms with van der Waals surface area (Å²) in [5, 5.41) is 88.0. The number of aliphatic hydroxyl groups is 8.